The normalized spacial score (nSPS) is 15.5. The second kappa shape index (κ2) is 7.14. The molecule has 1 heterocycles. The van der Waals surface area contributed by atoms with Crippen LogP contribution in [0.15, 0.2) is 42.5 Å². The smallest absolute Gasteiger partial charge is 0.254 e. The third-order valence-corrected chi connectivity index (χ3v) is 4.59. The van der Waals surface area contributed by atoms with Gasteiger partial charge >= 0.3 is 0 Å². The highest BCUT2D eigenvalue weighted by atomic mass is 19.1. The van der Waals surface area contributed by atoms with E-state index >= 15 is 0 Å². The number of aryl methyl sites for hydroxylation is 2. The van der Waals surface area contributed by atoms with Gasteiger partial charge in [-0.3, -0.25) is 9.69 Å². The van der Waals surface area contributed by atoms with Crippen molar-refractivity contribution in [1.29, 1.82) is 0 Å². The Morgan fingerprint density at radius 1 is 1.00 bits per heavy atom. The molecule has 1 fully saturated rings. The Bertz CT molecular complexity index is 719. The molecule has 126 valence electrons. The first-order valence-electron chi connectivity index (χ1n) is 8.36. The van der Waals surface area contributed by atoms with Gasteiger partial charge in [0.25, 0.3) is 5.91 Å². The minimum absolute atomic E-state index is 0.119. The van der Waals surface area contributed by atoms with Crippen LogP contribution in [-0.2, 0) is 6.54 Å². The van der Waals surface area contributed by atoms with Gasteiger partial charge in [-0.15, -0.1) is 0 Å². The van der Waals surface area contributed by atoms with Crippen LogP contribution >= 0.6 is 0 Å². The van der Waals surface area contributed by atoms with E-state index in [4.69, 9.17) is 0 Å². The lowest BCUT2D eigenvalue weighted by atomic mass is 10.0. The molecule has 0 saturated carbocycles. The summed E-state index contributed by atoms with van der Waals surface area (Å²) in [5.74, 6) is -0.0865. The molecule has 24 heavy (non-hydrogen) atoms. The molecule has 0 N–H and O–H groups in total. The van der Waals surface area contributed by atoms with Gasteiger partial charge in [0.2, 0.25) is 0 Å². The molecule has 1 aliphatic heterocycles. The van der Waals surface area contributed by atoms with E-state index in [2.05, 4.69) is 11.0 Å². The topological polar surface area (TPSA) is 23.6 Å². The summed E-state index contributed by atoms with van der Waals surface area (Å²) in [5.41, 5.74) is 4.11. The minimum atomic E-state index is -0.206. The average molecular weight is 326 g/mol. The Hall–Kier alpha value is -2.20. The Kier molecular flexibility index (Phi) is 4.95. The lowest BCUT2D eigenvalue weighted by Gasteiger charge is -2.35. The third-order valence-electron chi connectivity index (χ3n) is 4.59. The van der Waals surface area contributed by atoms with Crippen LogP contribution < -0.4 is 0 Å². The summed E-state index contributed by atoms with van der Waals surface area (Å²) in [4.78, 5) is 16.9. The van der Waals surface area contributed by atoms with Gasteiger partial charge in [-0.1, -0.05) is 29.8 Å². The number of amides is 1. The Balaban J connectivity index is 1.58. The molecule has 0 unspecified atom stereocenters. The summed E-state index contributed by atoms with van der Waals surface area (Å²) < 4.78 is 13.0. The van der Waals surface area contributed by atoms with Crippen molar-refractivity contribution < 1.29 is 9.18 Å². The fraction of sp³-hybridized carbons (Fsp3) is 0.350. The zero-order valence-electron chi connectivity index (χ0n) is 14.3. The Labute approximate surface area is 142 Å². The lowest BCUT2D eigenvalue weighted by molar-refractivity contribution is 0.0627. The molecule has 1 amide bonds. The van der Waals surface area contributed by atoms with Gasteiger partial charge in [0.1, 0.15) is 5.82 Å². The standard InChI is InChI=1S/C20H23FN2O/c1-15-3-8-19(16(2)13-15)20(24)23-11-9-22(10-12-23)14-17-4-6-18(21)7-5-17/h3-8,13H,9-12,14H2,1-2H3. The quantitative estimate of drug-likeness (QED) is 0.863. The molecule has 0 atom stereocenters. The highest BCUT2D eigenvalue weighted by molar-refractivity contribution is 5.95. The summed E-state index contributed by atoms with van der Waals surface area (Å²) in [5, 5.41) is 0. The van der Waals surface area contributed by atoms with Crippen LogP contribution in [0.25, 0.3) is 0 Å². The number of piperazine rings is 1. The first-order valence-corrected chi connectivity index (χ1v) is 8.36. The second-order valence-corrected chi connectivity index (χ2v) is 6.51. The van der Waals surface area contributed by atoms with Crippen LogP contribution in [0.2, 0.25) is 0 Å². The molecule has 3 rings (SSSR count). The molecule has 0 aromatic heterocycles. The van der Waals surface area contributed by atoms with Crippen molar-refractivity contribution in [2.75, 3.05) is 26.2 Å². The summed E-state index contributed by atoms with van der Waals surface area (Å²) >= 11 is 0. The van der Waals surface area contributed by atoms with Crippen LogP contribution in [0.4, 0.5) is 4.39 Å². The van der Waals surface area contributed by atoms with Crippen molar-refractivity contribution >= 4 is 5.91 Å². The number of hydrogen-bond acceptors (Lipinski definition) is 2. The average Bonchev–Trinajstić information content (AvgIpc) is 2.57. The van der Waals surface area contributed by atoms with Crippen LogP contribution in [0, 0.1) is 19.7 Å². The summed E-state index contributed by atoms with van der Waals surface area (Å²) in [6.45, 7) is 7.97. The molecule has 0 radical (unpaired) electrons. The van der Waals surface area contributed by atoms with E-state index in [1.807, 2.05) is 43.0 Å². The lowest BCUT2D eigenvalue weighted by Crippen LogP contribution is -2.48. The predicted octanol–water partition coefficient (Wildman–Crippen LogP) is 3.40. The largest absolute Gasteiger partial charge is 0.336 e. The highest BCUT2D eigenvalue weighted by Crippen LogP contribution is 2.16. The first-order chi connectivity index (χ1) is 11.5. The molecular weight excluding hydrogens is 303 g/mol. The minimum Gasteiger partial charge on any atom is -0.336 e. The maximum absolute atomic E-state index is 13.0. The molecule has 0 bridgehead atoms. The summed E-state index contributed by atoms with van der Waals surface area (Å²) in [6.07, 6.45) is 0. The SMILES string of the molecule is Cc1ccc(C(=O)N2CCN(Cc3ccc(F)cc3)CC2)c(C)c1. The molecule has 1 aliphatic rings. The molecule has 2 aromatic rings. The zero-order valence-corrected chi connectivity index (χ0v) is 14.3. The molecule has 2 aromatic carbocycles. The van der Waals surface area contributed by atoms with E-state index in [0.717, 1.165) is 49.4 Å². The van der Waals surface area contributed by atoms with Gasteiger partial charge < -0.3 is 4.90 Å². The van der Waals surface area contributed by atoms with E-state index in [0.29, 0.717) is 0 Å². The Morgan fingerprint density at radius 3 is 2.29 bits per heavy atom. The van der Waals surface area contributed by atoms with Crippen LogP contribution in [0.3, 0.4) is 0 Å². The highest BCUT2D eigenvalue weighted by Gasteiger charge is 2.23. The van der Waals surface area contributed by atoms with Crippen molar-refractivity contribution in [2.24, 2.45) is 0 Å². The fourth-order valence-corrected chi connectivity index (χ4v) is 3.18. The van der Waals surface area contributed by atoms with Crippen molar-refractivity contribution in [3.8, 4) is 0 Å². The molecule has 3 nitrogen and oxygen atoms in total. The molecular formula is C20H23FN2O. The van der Waals surface area contributed by atoms with E-state index in [1.165, 1.54) is 17.7 Å². The number of benzene rings is 2. The number of carbonyl (C=O) groups is 1. The summed E-state index contributed by atoms with van der Waals surface area (Å²) in [7, 11) is 0. The number of halogens is 1. The van der Waals surface area contributed by atoms with E-state index in [9.17, 15) is 9.18 Å². The van der Waals surface area contributed by atoms with Gasteiger partial charge in [-0.05, 0) is 43.2 Å². The van der Waals surface area contributed by atoms with E-state index in [1.54, 1.807) is 0 Å². The fourth-order valence-electron chi connectivity index (χ4n) is 3.18. The van der Waals surface area contributed by atoms with Gasteiger partial charge in [0.05, 0.1) is 0 Å². The maximum Gasteiger partial charge on any atom is 0.254 e. The molecule has 0 spiro atoms. The van der Waals surface area contributed by atoms with Gasteiger partial charge in [-0.2, -0.15) is 0 Å². The Morgan fingerprint density at radius 2 is 1.67 bits per heavy atom. The molecule has 0 aliphatic carbocycles. The zero-order chi connectivity index (χ0) is 17.1. The van der Waals surface area contributed by atoms with Crippen molar-refractivity contribution in [2.45, 2.75) is 20.4 Å². The number of carbonyl (C=O) groups excluding carboxylic acids is 1. The maximum atomic E-state index is 13.0. The molecule has 1 saturated heterocycles. The molecule has 4 heteroatoms. The summed E-state index contributed by atoms with van der Waals surface area (Å²) in [6, 6.07) is 12.6. The van der Waals surface area contributed by atoms with Gasteiger partial charge in [-0.25, -0.2) is 4.39 Å². The number of rotatable bonds is 3. The van der Waals surface area contributed by atoms with E-state index in [-0.39, 0.29) is 11.7 Å². The number of nitrogens with zero attached hydrogens (tertiary/aromatic N) is 2. The third kappa shape index (κ3) is 3.82. The van der Waals surface area contributed by atoms with Crippen LogP contribution in [-0.4, -0.2) is 41.9 Å². The van der Waals surface area contributed by atoms with Crippen LogP contribution in [0.1, 0.15) is 27.0 Å². The first kappa shape index (κ1) is 16.7. The predicted molar refractivity (Wildman–Crippen MR) is 93.5 cm³/mol. The van der Waals surface area contributed by atoms with E-state index < -0.39 is 0 Å². The van der Waals surface area contributed by atoms with Crippen molar-refractivity contribution in [3.63, 3.8) is 0 Å². The second-order valence-electron chi connectivity index (χ2n) is 6.51. The van der Waals surface area contributed by atoms with Crippen molar-refractivity contribution in [1.82, 2.24) is 9.80 Å². The number of hydrogen-bond donors (Lipinski definition) is 0. The van der Waals surface area contributed by atoms with Crippen molar-refractivity contribution in [3.05, 3.63) is 70.5 Å². The van der Waals surface area contributed by atoms with Gasteiger partial charge in [0.15, 0.2) is 0 Å². The van der Waals surface area contributed by atoms with Crippen LogP contribution in [0.5, 0.6) is 0 Å². The van der Waals surface area contributed by atoms with Gasteiger partial charge in [0, 0.05) is 38.3 Å². The monoisotopic (exact) mass is 326 g/mol.